The molecule has 1 aliphatic heterocycles. The standard InChI is InChI=1S/C19H27NO2.C6H14/c1-18-11-9-17(22)20(3)15(18)6-4-12-13-5-7-16(21)19(13,2)10-8-14(12)18;1-4-6(3)5-2/h5,7,12-15H,4,6,8-11H2,1-3H3;6H,4-5H2,1-3H3/t12?,13?,14?,15?,18?,19-;/m0./s1. The summed E-state index contributed by atoms with van der Waals surface area (Å²) in [5.74, 6) is 3.32. The van der Waals surface area contributed by atoms with Crippen molar-refractivity contribution in [3.8, 4) is 0 Å². The summed E-state index contributed by atoms with van der Waals surface area (Å²) in [7, 11) is 2.00. The Balaban J connectivity index is 0.000000330. The minimum atomic E-state index is -0.138. The van der Waals surface area contributed by atoms with Gasteiger partial charge in [-0.3, -0.25) is 9.59 Å². The predicted molar refractivity (Wildman–Crippen MR) is 115 cm³/mol. The Morgan fingerprint density at radius 1 is 1.11 bits per heavy atom. The van der Waals surface area contributed by atoms with Crippen LogP contribution < -0.4 is 0 Å². The lowest BCUT2D eigenvalue weighted by Gasteiger charge is -2.60. The Hall–Kier alpha value is -1.12. The summed E-state index contributed by atoms with van der Waals surface area (Å²) in [6, 6.07) is 0.403. The van der Waals surface area contributed by atoms with E-state index in [0.717, 1.165) is 31.6 Å². The second kappa shape index (κ2) is 7.95. The Kier molecular flexibility index (Phi) is 6.13. The molecule has 28 heavy (non-hydrogen) atoms. The van der Waals surface area contributed by atoms with E-state index >= 15 is 0 Å². The number of hydrogen-bond donors (Lipinski definition) is 0. The van der Waals surface area contributed by atoms with Crippen LogP contribution >= 0.6 is 0 Å². The molecule has 0 radical (unpaired) electrons. The van der Waals surface area contributed by atoms with Crippen LogP contribution in [0.2, 0.25) is 0 Å². The van der Waals surface area contributed by atoms with E-state index in [4.69, 9.17) is 0 Å². The first-order valence-corrected chi connectivity index (χ1v) is 11.7. The topological polar surface area (TPSA) is 37.4 Å². The second-order valence-corrected chi connectivity index (χ2v) is 10.5. The minimum Gasteiger partial charge on any atom is -0.342 e. The third kappa shape index (κ3) is 3.37. The van der Waals surface area contributed by atoms with Gasteiger partial charge in [0.2, 0.25) is 5.91 Å². The fourth-order valence-electron chi connectivity index (χ4n) is 6.71. The molecular weight excluding hydrogens is 346 g/mol. The average molecular weight is 388 g/mol. The first kappa shape index (κ1) is 21.6. The van der Waals surface area contributed by atoms with Crippen LogP contribution in [-0.2, 0) is 9.59 Å². The molecule has 0 aromatic heterocycles. The zero-order chi connectivity index (χ0) is 20.7. The first-order chi connectivity index (χ1) is 13.2. The van der Waals surface area contributed by atoms with Gasteiger partial charge in [0.25, 0.3) is 0 Å². The van der Waals surface area contributed by atoms with Crippen LogP contribution in [0.25, 0.3) is 0 Å². The van der Waals surface area contributed by atoms with Gasteiger partial charge in [-0.1, -0.05) is 53.5 Å². The van der Waals surface area contributed by atoms with Crippen LogP contribution in [0.4, 0.5) is 0 Å². The van der Waals surface area contributed by atoms with Gasteiger partial charge in [-0.15, -0.1) is 0 Å². The van der Waals surface area contributed by atoms with Gasteiger partial charge in [0.15, 0.2) is 5.78 Å². The Morgan fingerprint density at radius 3 is 2.39 bits per heavy atom. The van der Waals surface area contributed by atoms with Crippen molar-refractivity contribution in [1.29, 1.82) is 0 Å². The van der Waals surface area contributed by atoms with Crippen molar-refractivity contribution in [1.82, 2.24) is 4.90 Å². The number of hydrogen-bond acceptors (Lipinski definition) is 2. The molecule has 0 aromatic rings. The molecule has 1 amide bonds. The molecule has 3 heteroatoms. The van der Waals surface area contributed by atoms with Crippen molar-refractivity contribution < 1.29 is 9.59 Å². The molecule has 5 unspecified atom stereocenters. The molecule has 158 valence electrons. The van der Waals surface area contributed by atoms with Gasteiger partial charge < -0.3 is 4.90 Å². The van der Waals surface area contributed by atoms with Crippen molar-refractivity contribution in [3.63, 3.8) is 0 Å². The molecule has 2 saturated carbocycles. The zero-order valence-corrected chi connectivity index (χ0v) is 19.0. The lowest BCUT2D eigenvalue weighted by molar-refractivity contribution is -0.157. The van der Waals surface area contributed by atoms with Crippen LogP contribution in [-0.4, -0.2) is 29.7 Å². The maximum absolute atomic E-state index is 12.3. The van der Waals surface area contributed by atoms with E-state index in [0.29, 0.717) is 41.9 Å². The molecular formula is C25H41NO2. The summed E-state index contributed by atoms with van der Waals surface area (Å²) in [6.45, 7) is 11.3. The van der Waals surface area contributed by atoms with Crippen molar-refractivity contribution in [3.05, 3.63) is 12.2 Å². The fraction of sp³-hybridized carbons (Fsp3) is 0.840. The molecule has 4 rings (SSSR count). The van der Waals surface area contributed by atoms with E-state index < -0.39 is 0 Å². The minimum absolute atomic E-state index is 0.138. The van der Waals surface area contributed by atoms with E-state index in [2.05, 4.69) is 40.7 Å². The monoisotopic (exact) mass is 387 g/mol. The predicted octanol–water partition coefficient (Wildman–Crippen LogP) is 5.64. The molecule has 3 aliphatic carbocycles. The number of ketones is 1. The second-order valence-electron chi connectivity index (χ2n) is 10.5. The number of nitrogens with zero attached hydrogens (tertiary/aromatic N) is 1. The van der Waals surface area contributed by atoms with Crippen LogP contribution in [0.1, 0.15) is 86.0 Å². The van der Waals surface area contributed by atoms with Crippen molar-refractivity contribution >= 4 is 11.7 Å². The van der Waals surface area contributed by atoms with Gasteiger partial charge in [-0.25, -0.2) is 0 Å². The maximum Gasteiger partial charge on any atom is 0.222 e. The van der Waals surface area contributed by atoms with Gasteiger partial charge in [0.1, 0.15) is 0 Å². The molecule has 0 aromatic carbocycles. The molecule has 0 N–H and O–H groups in total. The lowest BCUT2D eigenvalue weighted by Crippen LogP contribution is -2.61. The summed E-state index contributed by atoms with van der Waals surface area (Å²) < 4.78 is 0. The number of rotatable bonds is 2. The first-order valence-electron chi connectivity index (χ1n) is 11.7. The van der Waals surface area contributed by atoms with Gasteiger partial charge in [-0.2, -0.15) is 0 Å². The van der Waals surface area contributed by atoms with E-state index in [1.807, 2.05) is 18.0 Å². The Labute approximate surface area is 172 Å². The number of carbonyl (C=O) groups excluding carboxylic acids is 2. The van der Waals surface area contributed by atoms with Gasteiger partial charge in [0.05, 0.1) is 0 Å². The average Bonchev–Trinajstić information content (AvgIpc) is 3.00. The van der Waals surface area contributed by atoms with Crippen LogP contribution in [0.3, 0.4) is 0 Å². The van der Waals surface area contributed by atoms with E-state index in [1.54, 1.807) is 0 Å². The summed E-state index contributed by atoms with van der Waals surface area (Å²) in [5.41, 5.74) is 0.104. The van der Waals surface area contributed by atoms with Crippen molar-refractivity contribution in [2.45, 2.75) is 92.0 Å². The number of fused-ring (bicyclic) bond motifs is 5. The van der Waals surface area contributed by atoms with E-state index in [9.17, 15) is 9.59 Å². The zero-order valence-electron chi connectivity index (χ0n) is 19.0. The normalized spacial score (nSPS) is 41.9. The third-order valence-corrected chi connectivity index (χ3v) is 9.22. The Bertz CT molecular complexity index is 636. The van der Waals surface area contributed by atoms with E-state index in [1.165, 1.54) is 19.3 Å². The number of carbonyl (C=O) groups is 2. The highest BCUT2D eigenvalue weighted by atomic mass is 16.2. The largest absolute Gasteiger partial charge is 0.342 e. The molecule has 6 atom stereocenters. The highest BCUT2D eigenvalue weighted by molar-refractivity contribution is 5.97. The van der Waals surface area contributed by atoms with Crippen LogP contribution in [0, 0.1) is 34.5 Å². The summed E-state index contributed by atoms with van der Waals surface area (Å²) >= 11 is 0. The molecule has 4 aliphatic rings. The lowest BCUT2D eigenvalue weighted by atomic mass is 9.47. The Morgan fingerprint density at radius 2 is 1.79 bits per heavy atom. The SMILES string of the molecule is CCC(C)CC.CN1C(=O)CCC2(C)C3CC[C@]4(C)C(=O)C=CC4C3CCC12. The molecule has 3 nitrogen and oxygen atoms in total. The summed E-state index contributed by atoms with van der Waals surface area (Å²) in [4.78, 5) is 26.5. The summed E-state index contributed by atoms with van der Waals surface area (Å²) in [6.07, 6.45) is 12.9. The van der Waals surface area contributed by atoms with Gasteiger partial charge >= 0.3 is 0 Å². The molecule has 3 fully saturated rings. The van der Waals surface area contributed by atoms with Crippen molar-refractivity contribution in [2.24, 2.45) is 34.5 Å². The fourth-order valence-corrected chi connectivity index (χ4v) is 6.71. The number of likely N-dealkylation sites (tertiary alicyclic amines) is 1. The smallest absolute Gasteiger partial charge is 0.222 e. The van der Waals surface area contributed by atoms with Crippen molar-refractivity contribution in [2.75, 3.05) is 7.05 Å². The van der Waals surface area contributed by atoms with Crippen LogP contribution in [0.15, 0.2) is 12.2 Å². The van der Waals surface area contributed by atoms with Crippen LogP contribution in [0.5, 0.6) is 0 Å². The highest BCUT2D eigenvalue weighted by Gasteiger charge is 2.60. The van der Waals surface area contributed by atoms with E-state index in [-0.39, 0.29) is 10.8 Å². The summed E-state index contributed by atoms with van der Waals surface area (Å²) in [5, 5.41) is 0. The molecule has 1 heterocycles. The van der Waals surface area contributed by atoms with Gasteiger partial charge in [0, 0.05) is 24.9 Å². The number of amides is 1. The maximum atomic E-state index is 12.3. The van der Waals surface area contributed by atoms with Gasteiger partial charge in [-0.05, 0) is 67.3 Å². The number of allylic oxidation sites excluding steroid dienone is 2. The number of piperidine rings is 1. The molecule has 0 spiro atoms. The molecule has 1 saturated heterocycles. The quantitative estimate of drug-likeness (QED) is 0.615. The highest BCUT2D eigenvalue weighted by Crippen LogP contribution is 2.62. The third-order valence-electron chi connectivity index (χ3n) is 9.22. The molecule has 0 bridgehead atoms.